The van der Waals surface area contributed by atoms with Crippen LogP contribution in [0.3, 0.4) is 0 Å². The van der Waals surface area contributed by atoms with Gasteiger partial charge in [-0.05, 0) is 31.4 Å². The summed E-state index contributed by atoms with van der Waals surface area (Å²) in [5.41, 5.74) is 4.96. The van der Waals surface area contributed by atoms with Crippen LogP contribution in [0.5, 0.6) is 0 Å². The predicted octanol–water partition coefficient (Wildman–Crippen LogP) is 2.12. The first kappa shape index (κ1) is 19.5. The molecule has 1 amide bonds. The molecule has 1 saturated heterocycles. The zero-order valence-electron chi connectivity index (χ0n) is 15.1. The van der Waals surface area contributed by atoms with E-state index >= 15 is 0 Å². The maximum Gasteiger partial charge on any atom is 0.225 e. The summed E-state index contributed by atoms with van der Waals surface area (Å²) in [4.78, 5) is 12.6. The maximum atomic E-state index is 12.6. The number of carbonyl (C=O) groups excluding carboxylic acids is 1. The van der Waals surface area contributed by atoms with Gasteiger partial charge in [0.15, 0.2) is 0 Å². The van der Waals surface area contributed by atoms with Crippen molar-refractivity contribution in [1.29, 1.82) is 0 Å². The summed E-state index contributed by atoms with van der Waals surface area (Å²) in [6.45, 7) is 6.46. The van der Waals surface area contributed by atoms with Gasteiger partial charge in [0, 0.05) is 38.8 Å². The third-order valence-corrected chi connectivity index (χ3v) is 4.70. The molecule has 1 aliphatic heterocycles. The van der Waals surface area contributed by atoms with Crippen molar-refractivity contribution in [2.75, 3.05) is 19.6 Å². The van der Waals surface area contributed by atoms with Crippen LogP contribution in [0.2, 0.25) is 0 Å². The molecule has 0 radical (unpaired) electrons. The largest absolute Gasteiger partial charge is 0.355 e. The number of aromatic nitrogens is 2. The standard InChI is InChI=1S/C19H26N4O.ClH/c1-13-6-14(2)8-15(7-13)4-5-21-19(24)18-11-20-10-17(18)16-9-22-23(3)12-16;/h6-9,12,17-18,20H,4-5,10-11H2,1-3H3,(H,21,24);1H/t17-,18+;/m1./s1. The number of amides is 1. The van der Waals surface area contributed by atoms with Gasteiger partial charge in [0.2, 0.25) is 5.91 Å². The van der Waals surface area contributed by atoms with E-state index in [-0.39, 0.29) is 30.2 Å². The van der Waals surface area contributed by atoms with Gasteiger partial charge in [0.05, 0.1) is 12.1 Å². The van der Waals surface area contributed by atoms with Gasteiger partial charge >= 0.3 is 0 Å². The number of rotatable bonds is 5. The Morgan fingerprint density at radius 3 is 2.64 bits per heavy atom. The third-order valence-electron chi connectivity index (χ3n) is 4.70. The van der Waals surface area contributed by atoms with Crippen molar-refractivity contribution in [3.63, 3.8) is 0 Å². The van der Waals surface area contributed by atoms with Crippen LogP contribution in [-0.4, -0.2) is 35.3 Å². The van der Waals surface area contributed by atoms with Gasteiger partial charge in [-0.3, -0.25) is 9.48 Å². The monoisotopic (exact) mass is 362 g/mol. The highest BCUT2D eigenvalue weighted by Gasteiger charge is 2.34. The van der Waals surface area contributed by atoms with Gasteiger partial charge in [-0.25, -0.2) is 0 Å². The quantitative estimate of drug-likeness (QED) is 0.856. The topological polar surface area (TPSA) is 59.0 Å². The minimum absolute atomic E-state index is 0. The molecule has 1 aromatic heterocycles. The fourth-order valence-corrected chi connectivity index (χ4v) is 3.61. The molecule has 6 heteroatoms. The first-order valence-corrected chi connectivity index (χ1v) is 8.57. The van der Waals surface area contributed by atoms with Crippen LogP contribution in [0.15, 0.2) is 30.6 Å². The van der Waals surface area contributed by atoms with Crippen LogP contribution >= 0.6 is 12.4 Å². The van der Waals surface area contributed by atoms with Crippen molar-refractivity contribution in [3.05, 3.63) is 52.8 Å². The summed E-state index contributed by atoms with van der Waals surface area (Å²) < 4.78 is 1.79. The van der Waals surface area contributed by atoms with Crippen LogP contribution in [0.1, 0.15) is 28.2 Å². The van der Waals surface area contributed by atoms with Gasteiger partial charge in [-0.1, -0.05) is 29.3 Å². The predicted molar refractivity (Wildman–Crippen MR) is 102 cm³/mol. The fraction of sp³-hybridized carbons (Fsp3) is 0.474. The molecular formula is C19H27ClN4O. The second-order valence-electron chi connectivity index (χ2n) is 6.86. The number of carbonyl (C=O) groups is 1. The molecule has 1 fully saturated rings. The molecule has 25 heavy (non-hydrogen) atoms. The Morgan fingerprint density at radius 1 is 1.28 bits per heavy atom. The third kappa shape index (κ3) is 4.83. The van der Waals surface area contributed by atoms with Crippen LogP contribution in [0, 0.1) is 19.8 Å². The average Bonchev–Trinajstić information content (AvgIpc) is 3.14. The summed E-state index contributed by atoms with van der Waals surface area (Å²) in [5.74, 6) is 0.326. The highest BCUT2D eigenvalue weighted by molar-refractivity contribution is 5.85. The first-order chi connectivity index (χ1) is 11.5. The lowest BCUT2D eigenvalue weighted by molar-refractivity contribution is -0.124. The lowest BCUT2D eigenvalue weighted by Gasteiger charge is -2.17. The van der Waals surface area contributed by atoms with Crippen LogP contribution in [0.25, 0.3) is 0 Å². The normalized spacial score (nSPS) is 19.5. The summed E-state index contributed by atoms with van der Waals surface area (Å²) in [6.07, 6.45) is 4.74. The second-order valence-corrected chi connectivity index (χ2v) is 6.86. The minimum atomic E-state index is -0.0200. The maximum absolute atomic E-state index is 12.6. The van der Waals surface area contributed by atoms with Crippen LogP contribution in [-0.2, 0) is 18.3 Å². The van der Waals surface area contributed by atoms with Gasteiger partial charge < -0.3 is 10.6 Å². The van der Waals surface area contributed by atoms with Crippen molar-refractivity contribution >= 4 is 18.3 Å². The molecule has 2 atom stereocenters. The number of hydrogen-bond donors (Lipinski definition) is 2. The SMILES string of the molecule is Cc1cc(C)cc(CCNC(=O)[C@H]2CNC[C@@H]2c2cnn(C)c2)c1.Cl. The Balaban J connectivity index is 0.00000225. The van der Waals surface area contributed by atoms with E-state index in [0.717, 1.165) is 25.1 Å². The highest BCUT2D eigenvalue weighted by Crippen LogP contribution is 2.27. The molecule has 3 rings (SSSR count). The molecule has 0 aliphatic carbocycles. The van der Waals surface area contributed by atoms with E-state index in [9.17, 15) is 4.79 Å². The molecule has 2 N–H and O–H groups in total. The summed E-state index contributed by atoms with van der Waals surface area (Å²) >= 11 is 0. The number of halogens is 1. The summed E-state index contributed by atoms with van der Waals surface area (Å²) in [5, 5.41) is 10.7. The molecule has 0 bridgehead atoms. The molecule has 5 nitrogen and oxygen atoms in total. The minimum Gasteiger partial charge on any atom is -0.355 e. The summed E-state index contributed by atoms with van der Waals surface area (Å²) in [6, 6.07) is 6.55. The van der Waals surface area contributed by atoms with Gasteiger partial charge in [-0.2, -0.15) is 5.10 Å². The molecular weight excluding hydrogens is 336 g/mol. The molecule has 0 spiro atoms. The molecule has 1 aromatic carbocycles. The van der Waals surface area contributed by atoms with Crippen molar-refractivity contribution in [2.45, 2.75) is 26.2 Å². The van der Waals surface area contributed by atoms with Gasteiger partial charge in [-0.15, -0.1) is 12.4 Å². The van der Waals surface area contributed by atoms with Crippen molar-refractivity contribution < 1.29 is 4.79 Å². The Bertz CT molecular complexity index is 708. The number of hydrogen-bond acceptors (Lipinski definition) is 3. The van der Waals surface area contributed by atoms with E-state index in [1.165, 1.54) is 16.7 Å². The van der Waals surface area contributed by atoms with Crippen molar-refractivity contribution in [3.8, 4) is 0 Å². The lowest BCUT2D eigenvalue weighted by atomic mass is 9.90. The van der Waals surface area contributed by atoms with Crippen LogP contribution in [0.4, 0.5) is 0 Å². The number of benzene rings is 1. The molecule has 0 unspecified atom stereocenters. The van der Waals surface area contributed by atoms with E-state index in [1.54, 1.807) is 4.68 Å². The number of aryl methyl sites for hydroxylation is 3. The van der Waals surface area contributed by atoms with E-state index in [4.69, 9.17) is 0 Å². The molecule has 0 saturated carbocycles. The second kappa shape index (κ2) is 8.50. The van der Waals surface area contributed by atoms with Crippen molar-refractivity contribution in [2.24, 2.45) is 13.0 Å². The smallest absolute Gasteiger partial charge is 0.225 e. The molecule has 2 aromatic rings. The number of nitrogens with one attached hydrogen (secondary N) is 2. The average molecular weight is 363 g/mol. The zero-order valence-corrected chi connectivity index (χ0v) is 15.9. The Kier molecular flexibility index (Phi) is 6.62. The van der Waals surface area contributed by atoms with Crippen LogP contribution < -0.4 is 10.6 Å². The molecule has 2 heterocycles. The zero-order chi connectivity index (χ0) is 17.1. The van der Waals surface area contributed by atoms with Crippen molar-refractivity contribution in [1.82, 2.24) is 20.4 Å². The Morgan fingerprint density at radius 2 is 2.00 bits per heavy atom. The molecule has 136 valence electrons. The fourth-order valence-electron chi connectivity index (χ4n) is 3.61. The highest BCUT2D eigenvalue weighted by atomic mass is 35.5. The van der Waals surface area contributed by atoms with E-state index in [0.29, 0.717) is 6.54 Å². The van der Waals surface area contributed by atoms with Gasteiger partial charge in [0.1, 0.15) is 0 Å². The Labute approximate surface area is 155 Å². The van der Waals surface area contributed by atoms with Gasteiger partial charge in [0.25, 0.3) is 0 Å². The number of nitrogens with zero attached hydrogens (tertiary/aromatic N) is 2. The van der Waals surface area contributed by atoms with E-state index in [1.807, 2.05) is 19.4 Å². The van der Waals surface area contributed by atoms with E-state index < -0.39 is 0 Å². The molecule has 1 aliphatic rings. The lowest BCUT2D eigenvalue weighted by Crippen LogP contribution is -2.35. The Hall–Kier alpha value is -1.85. The van der Waals surface area contributed by atoms with E-state index in [2.05, 4.69) is 47.8 Å². The summed E-state index contributed by atoms with van der Waals surface area (Å²) in [7, 11) is 1.91. The first-order valence-electron chi connectivity index (χ1n) is 8.57.